The first kappa shape index (κ1) is 11.6. The van der Waals surface area contributed by atoms with Crippen LogP contribution in [-0.2, 0) is 13.0 Å². The predicted octanol–water partition coefficient (Wildman–Crippen LogP) is 2.49. The highest BCUT2D eigenvalue weighted by Gasteiger charge is 2.26. The highest BCUT2D eigenvalue weighted by molar-refractivity contribution is 7.11. The molecule has 1 N–H and O–H groups in total. The summed E-state index contributed by atoms with van der Waals surface area (Å²) < 4.78 is 0. The van der Waals surface area contributed by atoms with Gasteiger partial charge >= 0.3 is 0 Å². The summed E-state index contributed by atoms with van der Waals surface area (Å²) in [5.74, 6) is 0.200. The first-order valence-corrected chi connectivity index (χ1v) is 6.71. The SMILES string of the molecule is CCc1cnc(CNC2CCCC2C#N)s1. The van der Waals surface area contributed by atoms with Crippen LogP contribution in [0.25, 0.3) is 0 Å². The zero-order valence-corrected chi connectivity index (χ0v) is 10.4. The second-order valence-electron chi connectivity index (χ2n) is 4.23. The lowest BCUT2D eigenvalue weighted by Gasteiger charge is -2.13. The van der Waals surface area contributed by atoms with E-state index < -0.39 is 0 Å². The third-order valence-corrected chi connectivity index (χ3v) is 4.29. The molecule has 1 heterocycles. The minimum Gasteiger partial charge on any atom is -0.306 e. The van der Waals surface area contributed by atoms with Crippen molar-refractivity contribution in [2.75, 3.05) is 0 Å². The molecule has 1 aliphatic carbocycles. The van der Waals surface area contributed by atoms with Crippen molar-refractivity contribution in [1.29, 1.82) is 5.26 Å². The number of aryl methyl sites for hydroxylation is 1. The van der Waals surface area contributed by atoms with Gasteiger partial charge in [0.05, 0.1) is 12.0 Å². The molecule has 4 heteroatoms. The van der Waals surface area contributed by atoms with E-state index in [4.69, 9.17) is 5.26 Å². The minimum absolute atomic E-state index is 0.200. The number of hydrogen-bond acceptors (Lipinski definition) is 4. The van der Waals surface area contributed by atoms with Gasteiger partial charge in [-0.3, -0.25) is 0 Å². The van der Waals surface area contributed by atoms with Crippen molar-refractivity contribution in [2.45, 2.75) is 45.2 Å². The van der Waals surface area contributed by atoms with Crippen LogP contribution < -0.4 is 5.32 Å². The Morgan fingerprint density at radius 1 is 1.62 bits per heavy atom. The Morgan fingerprint density at radius 2 is 2.50 bits per heavy atom. The largest absolute Gasteiger partial charge is 0.306 e. The molecule has 16 heavy (non-hydrogen) atoms. The molecule has 1 saturated carbocycles. The normalized spacial score (nSPS) is 24.5. The second kappa shape index (κ2) is 5.42. The van der Waals surface area contributed by atoms with Crippen molar-refractivity contribution in [3.05, 3.63) is 16.1 Å². The molecule has 0 spiro atoms. The predicted molar refractivity (Wildman–Crippen MR) is 65.1 cm³/mol. The van der Waals surface area contributed by atoms with E-state index in [2.05, 4.69) is 23.3 Å². The molecule has 0 aromatic carbocycles. The number of rotatable bonds is 4. The molecule has 0 bridgehead atoms. The maximum atomic E-state index is 8.97. The van der Waals surface area contributed by atoms with Crippen LogP contribution in [0.4, 0.5) is 0 Å². The monoisotopic (exact) mass is 235 g/mol. The van der Waals surface area contributed by atoms with E-state index in [1.165, 1.54) is 11.3 Å². The molecule has 1 aromatic rings. The third kappa shape index (κ3) is 2.60. The van der Waals surface area contributed by atoms with Crippen molar-refractivity contribution >= 4 is 11.3 Å². The Bertz CT molecular complexity index is 380. The van der Waals surface area contributed by atoms with E-state index in [1.54, 1.807) is 11.3 Å². The van der Waals surface area contributed by atoms with Crippen LogP contribution in [-0.4, -0.2) is 11.0 Å². The molecular formula is C12H17N3S. The van der Waals surface area contributed by atoms with Crippen LogP contribution in [0.1, 0.15) is 36.1 Å². The topological polar surface area (TPSA) is 48.7 Å². The van der Waals surface area contributed by atoms with Crippen LogP contribution in [0.5, 0.6) is 0 Å². The number of aromatic nitrogens is 1. The number of thiazole rings is 1. The van der Waals surface area contributed by atoms with Crippen molar-refractivity contribution in [2.24, 2.45) is 5.92 Å². The molecule has 0 radical (unpaired) electrons. The highest BCUT2D eigenvalue weighted by Crippen LogP contribution is 2.25. The molecule has 2 unspecified atom stereocenters. The molecule has 0 aliphatic heterocycles. The zero-order chi connectivity index (χ0) is 11.4. The standard InChI is InChI=1S/C12H17N3S/c1-2-10-7-15-12(16-10)8-14-11-5-3-4-9(11)6-13/h7,9,11,14H,2-5,8H2,1H3. The smallest absolute Gasteiger partial charge is 0.107 e. The average molecular weight is 235 g/mol. The molecule has 1 fully saturated rings. The summed E-state index contributed by atoms with van der Waals surface area (Å²) in [5.41, 5.74) is 0. The quantitative estimate of drug-likeness (QED) is 0.872. The molecule has 2 rings (SSSR count). The fraction of sp³-hybridized carbons (Fsp3) is 0.667. The van der Waals surface area contributed by atoms with E-state index in [0.717, 1.165) is 30.8 Å². The first-order valence-electron chi connectivity index (χ1n) is 5.90. The van der Waals surface area contributed by atoms with Gasteiger partial charge in [-0.2, -0.15) is 5.26 Å². The number of nitriles is 1. The number of nitrogens with zero attached hydrogens (tertiary/aromatic N) is 2. The average Bonchev–Trinajstić information content (AvgIpc) is 2.94. The molecular weight excluding hydrogens is 218 g/mol. The Balaban J connectivity index is 1.85. The van der Waals surface area contributed by atoms with Gasteiger partial charge < -0.3 is 5.32 Å². The van der Waals surface area contributed by atoms with E-state index in [9.17, 15) is 0 Å². The van der Waals surface area contributed by atoms with E-state index in [-0.39, 0.29) is 5.92 Å². The lowest BCUT2D eigenvalue weighted by molar-refractivity contribution is 0.464. The molecule has 2 atom stereocenters. The van der Waals surface area contributed by atoms with Gasteiger partial charge in [0, 0.05) is 23.7 Å². The summed E-state index contributed by atoms with van der Waals surface area (Å²) in [6.45, 7) is 2.96. The molecule has 0 amide bonds. The summed E-state index contributed by atoms with van der Waals surface area (Å²) in [4.78, 5) is 5.71. The third-order valence-electron chi connectivity index (χ3n) is 3.15. The summed E-state index contributed by atoms with van der Waals surface area (Å²) in [7, 11) is 0. The van der Waals surface area contributed by atoms with Crippen LogP contribution in [0, 0.1) is 17.2 Å². The number of nitrogens with one attached hydrogen (secondary N) is 1. The second-order valence-corrected chi connectivity index (χ2v) is 5.43. The Hall–Kier alpha value is -0.920. The van der Waals surface area contributed by atoms with Gasteiger partial charge in [-0.25, -0.2) is 4.98 Å². The lowest BCUT2D eigenvalue weighted by atomic mass is 10.1. The summed E-state index contributed by atoms with van der Waals surface area (Å²) in [5, 5.41) is 13.6. The van der Waals surface area contributed by atoms with E-state index in [0.29, 0.717) is 6.04 Å². The fourth-order valence-electron chi connectivity index (χ4n) is 2.17. The maximum absolute atomic E-state index is 8.97. The van der Waals surface area contributed by atoms with E-state index in [1.807, 2.05) is 6.20 Å². The van der Waals surface area contributed by atoms with Crippen molar-refractivity contribution in [3.8, 4) is 6.07 Å². The van der Waals surface area contributed by atoms with Gasteiger partial charge in [0.15, 0.2) is 0 Å². The summed E-state index contributed by atoms with van der Waals surface area (Å²) >= 11 is 1.77. The fourth-order valence-corrected chi connectivity index (χ4v) is 2.98. The molecule has 0 saturated heterocycles. The van der Waals surface area contributed by atoms with Gasteiger partial charge in [0.1, 0.15) is 5.01 Å². The molecule has 1 aromatic heterocycles. The van der Waals surface area contributed by atoms with Crippen molar-refractivity contribution in [1.82, 2.24) is 10.3 Å². The van der Waals surface area contributed by atoms with Crippen molar-refractivity contribution in [3.63, 3.8) is 0 Å². The van der Waals surface area contributed by atoms with Gasteiger partial charge in [0.25, 0.3) is 0 Å². The van der Waals surface area contributed by atoms with Gasteiger partial charge in [-0.05, 0) is 19.3 Å². The minimum atomic E-state index is 0.200. The summed E-state index contributed by atoms with van der Waals surface area (Å²) in [6, 6.07) is 2.76. The zero-order valence-electron chi connectivity index (χ0n) is 9.57. The van der Waals surface area contributed by atoms with Crippen LogP contribution in [0.15, 0.2) is 6.20 Å². The van der Waals surface area contributed by atoms with Crippen LogP contribution in [0.2, 0.25) is 0 Å². The van der Waals surface area contributed by atoms with Crippen molar-refractivity contribution < 1.29 is 0 Å². The van der Waals surface area contributed by atoms with Gasteiger partial charge in [-0.15, -0.1) is 11.3 Å². The maximum Gasteiger partial charge on any atom is 0.107 e. The van der Waals surface area contributed by atoms with E-state index >= 15 is 0 Å². The molecule has 3 nitrogen and oxygen atoms in total. The van der Waals surface area contributed by atoms with Crippen LogP contribution >= 0.6 is 11.3 Å². The Kier molecular flexibility index (Phi) is 3.92. The first-order chi connectivity index (χ1) is 7.83. The molecule has 1 aliphatic rings. The lowest BCUT2D eigenvalue weighted by Crippen LogP contribution is -2.31. The van der Waals surface area contributed by atoms with Gasteiger partial charge in [0.2, 0.25) is 0 Å². The van der Waals surface area contributed by atoms with Gasteiger partial charge in [-0.1, -0.05) is 13.3 Å². The summed E-state index contributed by atoms with van der Waals surface area (Å²) in [6.07, 6.45) is 6.37. The Morgan fingerprint density at radius 3 is 3.19 bits per heavy atom. The number of hydrogen-bond donors (Lipinski definition) is 1. The Labute approximate surface area is 101 Å². The molecule has 86 valence electrons. The van der Waals surface area contributed by atoms with Crippen LogP contribution in [0.3, 0.4) is 0 Å². The highest BCUT2D eigenvalue weighted by atomic mass is 32.1.